The second kappa shape index (κ2) is 14.4. The predicted molar refractivity (Wildman–Crippen MR) is 167 cm³/mol. The maximum atomic E-state index is 14.1. The van der Waals surface area contributed by atoms with Gasteiger partial charge in [0.1, 0.15) is 12.1 Å². The number of hydrogen-bond donors (Lipinski definition) is 2. The molecule has 2 aliphatic heterocycles. The first-order valence-electron chi connectivity index (χ1n) is 16.3. The summed E-state index contributed by atoms with van der Waals surface area (Å²) in [5, 5.41) is 6.24. The zero-order chi connectivity index (χ0) is 31.4. The first-order chi connectivity index (χ1) is 19.6. The van der Waals surface area contributed by atoms with E-state index >= 15 is 0 Å². The van der Waals surface area contributed by atoms with Crippen molar-refractivity contribution in [3.8, 4) is 0 Å². The van der Waals surface area contributed by atoms with Crippen molar-refractivity contribution in [3.05, 3.63) is 11.6 Å². The summed E-state index contributed by atoms with van der Waals surface area (Å²) >= 11 is 0. The molecule has 9 heteroatoms. The third kappa shape index (κ3) is 8.14. The highest BCUT2D eigenvalue weighted by Gasteiger charge is 2.40. The molecule has 2 N–H and O–H groups in total. The number of carbonyl (C=O) groups is 4. The molecule has 0 spiro atoms. The molecule has 9 nitrogen and oxygen atoms in total. The summed E-state index contributed by atoms with van der Waals surface area (Å²) < 4.78 is 0. The highest BCUT2D eigenvalue weighted by atomic mass is 16.2. The highest BCUT2D eigenvalue weighted by Crippen LogP contribution is 2.27. The minimum absolute atomic E-state index is 0.0316. The molecule has 42 heavy (non-hydrogen) atoms. The normalized spacial score (nSPS) is 23.9. The van der Waals surface area contributed by atoms with Crippen molar-refractivity contribution in [2.45, 2.75) is 143 Å². The lowest BCUT2D eigenvalue weighted by Crippen LogP contribution is -2.60. The highest BCUT2D eigenvalue weighted by molar-refractivity contribution is 5.97. The lowest BCUT2D eigenvalue weighted by Gasteiger charge is -2.41. The van der Waals surface area contributed by atoms with Crippen molar-refractivity contribution in [2.24, 2.45) is 11.3 Å². The van der Waals surface area contributed by atoms with Gasteiger partial charge in [0.15, 0.2) is 0 Å². The van der Waals surface area contributed by atoms with E-state index in [9.17, 15) is 19.2 Å². The van der Waals surface area contributed by atoms with Gasteiger partial charge in [0, 0.05) is 31.2 Å². The Morgan fingerprint density at radius 1 is 0.857 bits per heavy atom. The average Bonchev–Trinajstić information content (AvgIpc) is 3.40. The molecule has 0 bridgehead atoms. The van der Waals surface area contributed by atoms with Crippen molar-refractivity contribution in [1.82, 2.24) is 25.3 Å². The average molecular weight is 588 g/mol. The zero-order valence-corrected chi connectivity index (χ0v) is 27.7. The second-order valence-corrected chi connectivity index (χ2v) is 14.5. The van der Waals surface area contributed by atoms with Gasteiger partial charge in [-0.15, -0.1) is 0 Å². The monoisotopic (exact) mass is 587 g/mol. The summed E-state index contributed by atoms with van der Waals surface area (Å²) in [5.74, 6) is -0.433. The Morgan fingerprint density at radius 2 is 1.50 bits per heavy atom. The largest absolute Gasteiger partial charge is 0.352 e. The number of piperidine rings is 1. The molecule has 3 rings (SSSR count). The van der Waals surface area contributed by atoms with Crippen LogP contribution in [0.15, 0.2) is 11.6 Å². The van der Waals surface area contributed by atoms with Crippen molar-refractivity contribution in [2.75, 3.05) is 20.1 Å². The molecule has 2 saturated heterocycles. The van der Waals surface area contributed by atoms with Gasteiger partial charge in [0.25, 0.3) is 0 Å². The predicted octanol–water partition coefficient (Wildman–Crippen LogP) is 3.87. The molecule has 4 amide bonds. The number of likely N-dealkylation sites (N-methyl/N-ethyl adjacent to an activating group) is 1. The van der Waals surface area contributed by atoms with Crippen LogP contribution in [-0.4, -0.2) is 94.7 Å². The third-order valence-electron chi connectivity index (χ3n) is 9.41. The van der Waals surface area contributed by atoms with Crippen LogP contribution in [0.3, 0.4) is 0 Å². The van der Waals surface area contributed by atoms with E-state index in [2.05, 4.69) is 29.4 Å². The number of amides is 4. The summed E-state index contributed by atoms with van der Waals surface area (Å²) in [7, 11) is 1.76. The van der Waals surface area contributed by atoms with E-state index < -0.39 is 17.5 Å². The van der Waals surface area contributed by atoms with E-state index in [1.807, 2.05) is 40.7 Å². The van der Waals surface area contributed by atoms with Crippen LogP contribution in [0.4, 0.5) is 0 Å². The molecule has 1 aliphatic carbocycles. The summed E-state index contributed by atoms with van der Waals surface area (Å²) in [4.78, 5) is 59.8. The number of nitrogens with one attached hydrogen (secondary N) is 2. The van der Waals surface area contributed by atoms with Crippen LogP contribution in [0.5, 0.6) is 0 Å². The van der Waals surface area contributed by atoms with Crippen molar-refractivity contribution >= 4 is 23.6 Å². The maximum absolute atomic E-state index is 14.1. The summed E-state index contributed by atoms with van der Waals surface area (Å²) in [5.41, 5.74) is 0.0215. The van der Waals surface area contributed by atoms with Crippen molar-refractivity contribution < 1.29 is 19.2 Å². The third-order valence-corrected chi connectivity index (χ3v) is 9.41. The van der Waals surface area contributed by atoms with E-state index in [0.29, 0.717) is 18.5 Å². The Kier molecular flexibility index (Phi) is 11.7. The van der Waals surface area contributed by atoms with Crippen LogP contribution in [-0.2, 0) is 19.2 Å². The zero-order valence-electron chi connectivity index (χ0n) is 27.7. The van der Waals surface area contributed by atoms with Crippen LogP contribution in [0.2, 0.25) is 0 Å². The number of hydrogen-bond acceptors (Lipinski definition) is 5. The maximum Gasteiger partial charge on any atom is 0.249 e. The second-order valence-electron chi connectivity index (χ2n) is 14.5. The Balaban J connectivity index is 1.76. The van der Waals surface area contributed by atoms with Crippen molar-refractivity contribution in [3.63, 3.8) is 0 Å². The Morgan fingerprint density at radius 3 is 2.05 bits per heavy atom. The first kappa shape index (κ1) is 34.1. The van der Waals surface area contributed by atoms with E-state index in [0.717, 1.165) is 51.5 Å². The Hall–Kier alpha value is -2.42. The SMILES string of the molecule is CC(=C[C@H](C(C)C)N(C)C(=O)[C@@H](NC(=O)[C@H]1CCCCN1C(C)C)C(C)(C)C)C(=O)N1CCC[C@H]1C(=O)NC1CCC1. The fourth-order valence-corrected chi connectivity index (χ4v) is 6.53. The molecule has 3 fully saturated rings. The van der Waals surface area contributed by atoms with Crippen LogP contribution in [0, 0.1) is 11.3 Å². The van der Waals surface area contributed by atoms with Gasteiger partial charge in [-0.05, 0) is 83.6 Å². The molecular weight excluding hydrogens is 530 g/mol. The van der Waals surface area contributed by atoms with Crippen molar-refractivity contribution in [1.29, 1.82) is 0 Å². The van der Waals surface area contributed by atoms with Crippen LogP contribution < -0.4 is 10.6 Å². The minimum Gasteiger partial charge on any atom is -0.352 e. The van der Waals surface area contributed by atoms with E-state index in [-0.39, 0.29) is 53.7 Å². The van der Waals surface area contributed by atoms with E-state index in [1.54, 1.807) is 23.8 Å². The quantitative estimate of drug-likeness (QED) is 0.378. The van der Waals surface area contributed by atoms with Gasteiger partial charge in [-0.25, -0.2) is 0 Å². The Bertz CT molecular complexity index is 1010. The number of nitrogens with zero attached hydrogens (tertiary/aromatic N) is 3. The molecule has 0 aromatic heterocycles. The van der Waals surface area contributed by atoms with Gasteiger partial charge in [0.2, 0.25) is 23.6 Å². The molecule has 0 radical (unpaired) electrons. The van der Waals surface area contributed by atoms with Crippen LogP contribution in [0.1, 0.15) is 107 Å². The number of rotatable bonds is 10. The lowest BCUT2D eigenvalue weighted by atomic mass is 9.84. The summed E-state index contributed by atoms with van der Waals surface area (Å²) in [6.07, 6.45) is 9.37. The molecule has 1 saturated carbocycles. The van der Waals surface area contributed by atoms with Gasteiger partial charge in [-0.1, -0.05) is 47.1 Å². The molecule has 4 atom stereocenters. The fourth-order valence-electron chi connectivity index (χ4n) is 6.53. The van der Waals surface area contributed by atoms with Crippen LogP contribution in [0.25, 0.3) is 0 Å². The molecule has 238 valence electrons. The van der Waals surface area contributed by atoms with Gasteiger partial charge in [-0.2, -0.15) is 0 Å². The molecule has 0 aromatic rings. The molecule has 2 heterocycles. The van der Waals surface area contributed by atoms with E-state index in [4.69, 9.17) is 0 Å². The number of likely N-dealkylation sites (tertiary alicyclic amines) is 2. The molecule has 0 unspecified atom stereocenters. The molecule has 3 aliphatic rings. The Labute approximate surface area is 254 Å². The van der Waals surface area contributed by atoms with Crippen LogP contribution >= 0.6 is 0 Å². The topological polar surface area (TPSA) is 102 Å². The summed E-state index contributed by atoms with van der Waals surface area (Å²) in [6.45, 7) is 17.4. The standard InChI is InChI=1S/C33H57N5O4/c1-21(2)27(20-23(5)31(41)38-19-13-17-26(38)29(39)34-24-14-12-15-24)36(9)32(42)28(33(6,7)8)35-30(40)25-16-10-11-18-37(25)22(3)4/h20-22,24-28H,10-19H2,1-9H3,(H,34,39)(H,35,40)/t25-,26+,27-,28-/m1/s1. The first-order valence-corrected chi connectivity index (χ1v) is 16.3. The molecule has 0 aromatic carbocycles. The lowest BCUT2D eigenvalue weighted by molar-refractivity contribution is -0.142. The van der Waals surface area contributed by atoms with Gasteiger partial charge in [-0.3, -0.25) is 24.1 Å². The smallest absolute Gasteiger partial charge is 0.249 e. The fraction of sp³-hybridized carbons (Fsp3) is 0.818. The summed E-state index contributed by atoms with van der Waals surface area (Å²) in [6, 6.07) is -1.26. The minimum atomic E-state index is -0.713. The van der Waals surface area contributed by atoms with Gasteiger partial charge in [0.05, 0.1) is 12.1 Å². The van der Waals surface area contributed by atoms with Gasteiger partial charge >= 0.3 is 0 Å². The number of carbonyl (C=O) groups excluding carboxylic acids is 4. The molecular formula is C33H57N5O4. The van der Waals surface area contributed by atoms with Gasteiger partial charge < -0.3 is 20.4 Å². The van der Waals surface area contributed by atoms with E-state index in [1.165, 1.54) is 0 Å².